The molecule has 16 heteroatoms. The summed E-state index contributed by atoms with van der Waals surface area (Å²) < 4.78 is 33.7. The number of ether oxygens (including phenoxy) is 1. The smallest absolute Gasteiger partial charge is 0.407 e. The normalized spacial score (nSPS) is 20.4. The zero-order valence-electron chi connectivity index (χ0n) is 36.3. The molecule has 7 rings (SSSR count). The van der Waals surface area contributed by atoms with Crippen molar-refractivity contribution in [3.63, 3.8) is 0 Å². The van der Waals surface area contributed by atoms with Crippen LogP contribution in [0.5, 0.6) is 0 Å². The Hall–Kier alpha value is -5.80. The van der Waals surface area contributed by atoms with Gasteiger partial charge in [-0.05, 0) is 67.9 Å². The van der Waals surface area contributed by atoms with Gasteiger partial charge in [-0.3, -0.25) is 14.5 Å². The lowest BCUT2D eigenvalue weighted by Crippen LogP contribution is -2.58. The highest BCUT2D eigenvalue weighted by Gasteiger charge is 2.55. The minimum atomic E-state index is -2.80. The molecular weight excluding hydrogens is 799 g/mol. The van der Waals surface area contributed by atoms with Gasteiger partial charge in [0.1, 0.15) is 23.7 Å². The number of hydrogen-bond acceptors (Lipinski definition) is 7. The van der Waals surface area contributed by atoms with Crippen LogP contribution in [0.3, 0.4) is 0 Å². The summed E-state index contributed by atoms with van der Waals surface area (Å²) in [5.41, 5.74) is 4.36. The molecule has 0 bridgehead atoms. The fourth-order valence-electron chi connectivity index (χ4n) is 9.54. The van der Waals surface area contributed by atoms with Crippen LogP contribution < -0.4 is 5.32 Å². The number of rotatable bonds is 12. The Morgan fingerprint density at radius 3 is 1.85 bits per heavy atom. The number of likely N-dealkylation sites (tertiary alicyclic amines) is 2. The topological polar surface area (TPSA) is 177 Å². The Kier molecular flexibility index (Phi) is 12.8. The molecule has 0 radical (unpaired) electrons. The van der Waals surface area contributed by atoms with Crippen LogP contribution in [-0.4, -0.2) is 108 Å². The van der Waals surface area contributed by atoms with Gasteiger partial charge in [0.15, 0.2) is 0 Å². The molecule has 332 valence electrons. The minimum absolute atomic E-state index is 0.0237. The summed E-state index contributed by atoms with van der Waals surface area (Å²) in [4.78, 5) is 73.2. The van der Waals surface area contributed by atoms with E-state index < -0.39 is 41.8 Å². The van der Waals surface area contributed by atoms with Crippen LogP contribution in [0.2, 0.25) is 0 Å². The average Bonchev–Trinajstić information content (AvgIpc) is 4.09. The number of benzene rings is 2. The van der Waals surface area contributed by atoms with Crippen molar-refractivity contribution in [1.29, 1.82) is 0 Å². The number of alkyl halides is 2. The highest BCUT2D eigenvalue weighted by molar-refractivity contribution is 5.87. The molecule has 2 aromatic carbocycles. The third kappa shape index (κ3) is 9.05. The molecule has 4 amide bonds. The number of imidazole rings is 2. The lowest BCUT2D eigenvalue weighted by Gasteiger charge is -2.47. The number of hydrogen-bond donors (Lipinski definition) is 4. The third-order valence-electron chi connectivity index (χ3n) is 13.1. The highest BCUT2D eigenvalue weighted by Crippen LogP contribution is 2.53. The molecule has 1 saturated carbocycles. The fourth-order valence-corrected chi connectivity index (χ4v) is 9.54. The van der Waals surface area contributed by atoms with Gasteiger partial charge >= 0.3 is 12.2 Å². The molecule has 4 atom stereocenters. The molecule has 3 fully saturated rings. The number of carbonyl (C=O) groups excluding carboxylic acids is 3. The number of halogens is 2. The molecule has 62 heavy (non-hydrogen) atoms. The summed E-state index contributed by atoms with van der Waals surface area (Å²) in [6.45, 7) is 8.20. The Labute approximate surface area is 360 Å². The van der Waals surface area contributed by atoms with Gasteiger partial charge in [-0.25, -0.2) is 28.3 Å². The molecule has 1 spiro atoms. The van der Waals surface area contributed by atoms with Crippen LogP contribution in [0.25, 0.3) is 33.6 Å². The Balaban J connectivity index is 1.05. The van der Waals surface area contributed by atoms with E-state index in [9.17, 15) is 33.1 Å². The molecular formula is C46H58F2N8O6. The van der Waals surface area contributed by atoms with Gasteiger partial charge in [0.2, 0.25) is 17.7 Å². The van der Waals surface area contributed by atoms with Crippen molar-refractivity contribution in [2.24, 2.45) is 11.8 Å². The van der Waals surface area contributed by atoms with E-state index in [2.05, 4.69) is 15.3 Å². The lowest BCUT2D eigenvalue weighted by molar-refractivity contribution is -0.149. The largest absolute Gasteiger partial charge is 0.465 e. The van der Waals surface area contributed by atoms with Crippen LogP contribution in [0.15, 0.2) is 60.9 Å². The summed E-state index contributed by atoms with van der Waals surface area (Å²) in [6, 6.07) is 13.6. The summed E-state index contributed by atoms with van der Waals surface area (Å²) >= 11 is 0. The number of nitrogens with zero attached hydrogens (tertiary/aromatic N) is 5. The lowest BCUT2D eigenvalue weighted by atomic mass is 9.77. The molecule has 2 saturated heterocycles. The van der Waals surface area contributed by atoms with Crippen LogP contribution in [-0.2, 0) is 14.3 Å². The van der Waals surface area contributed by atoms with Gasteiger partial charge in [-0.2, -0.15) is 0 Å². The first-order valence-electron chi connectivity index (χ1n) is 21.6. The van der Waals surface area contributed by atoms with Crippen LogP contribution in [0.1, 0.15) is 109 Å². The second-order valence-corrected chi connectivity index (χ2v) is 17.9. The predicted molar refractivity (Wildman–Crippen MR) is 229 cm³/mol. The summed E-state index contributed by atoms with van der Waals surface area (Å²) in [5.74, 6) is -2.19. The molecule has 1 aliphatic carbocycles. The van der Waals surface area contributed by atoms with Crippen molar-refractivity contribution in [3.05, 3.63) is 72.6 Å². The number of carboxylic acid groups (broad SMARTS) is 1. The average molecular weight is 857 g/mol. The van der Waals surface area contributed by atoms with Gasteiger partial charge in [0.25, 0.3) is 0 Å². The van der Waals surface area contributed by atoms with Crippen molar-refractivity contribution in [2.45, 2.75) is 121 Å². The molecule has 2 aliphatic heterocycles. The van der Waals surface area contributed by atoms with Crippen molar-refractivity contribution in [3.8, 4) is 33.6 Å². The van der Waals surface area contributed by atoms with Gasteiger partial charge in [-0.1, -0.05) is 76.2 Å². The SMILES string of the molecule is COC(=O)N[C@H](C(=O)N1CCC[C@H]1c1nc(-c2ccc(-c3ccc(-c4c[nH]c(C5CCC6(CCC(F)(F)CC6)N5C(=O)[C@H](CC(C)C)N(C)C(=O)O)n4)cc3)cc2)c[nH]1)C(C)C. The number of aromatic amines is 2. The minimum Gasteiger partial charge on any atom is -0.465 e. The van der Waals surface area contributed by atoms with E-state index in [1.54, 1.807) is 16.0 Å². The molecule has 4 heterocycles. The van der Waals surface area contributed by atoms with Crippen LogP contribution in [0, 0.1) is 11.8 Å². The first kappa shape index (κ1) is 44.3. The van der Waals surface area contributed by atoms with E-state index in [4.69, 9.17) is 14.7 Å². The molecule has 4 N–H and O–H groups in total. The molecule has 14 nitrogen and oxygen atoms in total. The van der Waals surface area contributed by atoms with Crippen LogP contribution in [0.4, 0.5) is 18.4 Å². The first-order valence-corrected chi connectivity index (χ1v) is 21.6. The highest BCUT2D eigenvalue weighted by atomic mass is 19.3. The number of H-pyrrole nitrogens is 2. The van der Waals surface area contributed by atoms with E-state index >= 15 is 0 Å². The van der Waals surface area contributed by atoms with Crippen molar-refractivity contribution in [2.75, 3.05) is 20.7 Å². The second-order valence-electron chi connectivity index (χ2n) is 17.9. The first-order chi connectivity index (χ1) is 29.5. The van der Waals surface area contributed by atoms with Gasteiger partial charge < -0.3 is 34.9 Å². The Bertz CT molecular complexity index is 2230. The number of likely N-dealkylation sites (N-methyl/N-ethyl adjacent to an activating group) is 1. The molecule has 3 aliphatic rings. The summed E-state index contributed by atoms with van der Waals surface area (Å²) in [5, 5.41) is 12.6. The van der Waals surface area contributed by atoms with E-state index in [1.807, 2.05) is 82.4 Å². The fraction of sp³-hybridized carbons (Fsp3) is 0.522. The maximum Gasteiger partial charge on any atom is 0.407 e. The maximum atomic E-state index is 14.5. The predicted octanol–water partition coefficient (Wildman–Crippen LogP) is 8.81. The van der Waals surface area contributed by atoms with Gasteiger partial charge in [0, 0.05) is 55.5 Å². The Morgan fingerprint density at radius 2 is 1.35 bits per heavy atom. The van der Waals surface area contributed by atoms with E-state index in [0.717, 1.165) is 45.7 Å². The third-order valence-corrected chi connectivity index (χ3v) is 13.1. The monoisotopic (exact) mass is 856 g/mol. The zero-order chi connectivity index (χ0) is 44.5. The molecule has 2 aromatic heterocycles. The number of alkyl carbamates (subject to hydrolysis) is 1. The number of carbonyl (C=O) groups is 4. The Morgan fingerprint density at radius 1 is 0.823 bits per heavy atom. The van der Waals surface area contributed by atoms with E-state index in [-0.39, 0.29) is 55.4 Å². The van der Waals surface area contributed by atoms with Crippen molar-refractivity contribution < 1.29 is 37.8 Å². The van der Waals surface area contributed by atoms with Gasteiger partial charge in [-0.15, -0.1) is 0 Å². The number of methoxy groups -OCH3 is 1. The summed E-state index contributed by atoms with van der Waals surface area (Å²) in [6.07, 6.45) is 4.36. The summed E-state index contributed by atoms with van der Waals surface area (Å²) in [7, 11) is 2.67. The standard InChI is InChI=1S/C46H58F2N8O6/c1-27(2)24-37(54(5)44(60)61)41(57)56-36(17-18-45(56)19-21-46(47,48)22-20-45)40-50-26-34(52-40)32-15-11-30(12-16-32)29-9-13-31(14-10-29)33-25-49-39(51-33)35-8-7-23-55(35)42(58)38(28(3)4)53-43(59)62-6/h9-16,25-28,35-38H,7-8,17-24H2,1-6H3,(H,49,51)(H,50,52)(H,53,59)(H,60,61)/t35-,36?,37-,38-/m0/s1. The maximum absolute atomic E-state index is 14.5. The van der Waals surface area contributed by atoms with E-state index in [0.29, 0.717) is 43.1 Å². The second kappa shape index (κ2) is 17.9. The quantitative estimate of drug-likeness (QED) is 0.109. The van der Waals surface area contributed by atoms with Crippen molar-refractivity contribution in [1.82, 2.24) is 40.0 Å². The van der Waals surface area contributed by atoms with E-state index in [1.165, 1.54) is 14.2 Å². The van der Waals surface area contributed by atoms with Crippen LogP contribution >= 0.6 is 0 Å². The van der Waals surface area contributed by atoms with Crippen molar-refractivity contribution >= 4 is 24.0 Å². The molecule has 4 aromatic rings. The molecule has 1 unspecified atom stereocenters. The number of amides is 4. The number of nitrogens with one attached hydrogen (secondary N) is 3. The number of aromatic nitrogens is 4. The zero-order valence-corrected chi connectivity index (χ0v) is 36.3. The van der Waals surface area contributed by atoms with Gasteiger partial charge in [0.05, 0.1) is 30.6 Å².